The van der Waals surface area contributed by atoms with Crippen molar-refractivity contribution in [1.29, 1.82) is 0 Å². The molecule has 0 aliphatic carbocycles. The maximum Gasteiger partial charge on any atom is 0.0649 e. The second-order valence-electron chi connectivity index (χ2n) is 4.96. The number of fused-ring (bicyclic) bond motifs is 2. The summed E-state index contributed by atoms with van der Waals surface area (Å²) in [6.45, 7) is 4.61. The highest BCUT2D eigenvalue weighted by atomic mass is 16.5. The Bertz CT molecular complexity index is 210. The second-order valence-corrected chi connectivity index (χ2v) is 4.96. The number of nitrogens with two attached hydrogens (primary N) is 1. The van der Waals surface area contributed by atoms with E-state index in [0.717, 1.165) is 39.0 Å². The molecular formula is C12H23NO2. The Balaban J connectivity index is 1.81. The van der Waals surface area contributed by atoms with Gasteiger partial charge in [-0.05, 0) is 32.1 Å². The van der Waals surface area contributed by atoms with Gasteiger partial charge in [0.05, 0.1) is 12.2 Å². The summed E-state index contributed by atoms with van der Waals surface area (Å²) in [4.78, 5) is 0. The predicted molar refractivity (Wildman–Crippen MR) is 59.7 cm³/mol. The van der Waals surface area contributed by atoms with Gasteiger partial charge in [0.15, 0.2) is 0 Å². The van der Waals surface area contributed by atoms with E-state index in [4.69, 9.17) is 15.2 Å². The van der Waals surface area contributed by atoms with E-state index in [1.54, 1.807) is 0 Å². The van der Waals surface area contributed by atoms with E-state index in [9.17, 15) is 0 Å². The third-order valence-electron chi connectivity index (χ3n) is 3.92. The van der Waals surface area contributed by atoms with Crippen molar-refractivity contribution >= 4 is 0 Å². The zero-order valence-electron chi connectivity index (χ0n) is 9.71. The molecule has 0 amide bonds. The van der Waals surface area contributed by atoms with Crippen LogP contribution >= 0.6 is 0 Å². The predicted octanol–water partition coefficient (Wildman–Crippen LogP) is 1.70. The molecule has 2 fully saturated rings. The summed E-state index contributed by atoms with van der Waals surface area (Å²) in [7, 11) is 0. The molecule has 0 spiro atoms. The zero-order valence-corrected chi connectivity index (χ0v) is 9.71. The largest absolute Gasteiger partial charge is 0.381 e. The maximum absolute atomic E-state index is 5.93. The average Bonchev–Trinajstić information content (AvgIpc) is 2.85. The van der Waals surface area contributed by atoms with Crippen LogP contribution in [0.2, 0.25) is 0 Å². The topological polar surface area (TPSA) is 44.5 Å². The Labute approximate surface area is 92.3 Å². The van der Waals surface area contributed by atoms with Crippen molar-refractivity contribution in [2.24, 2.45) is 11.1 Å². The molecule has 2 bridgehead atoms. The molecule has 0 radical (unpaired) electrons. The lowest BCUT2D eigenvalue weighted by molar-refractivity contribution is 0.0366. The lowest BCUT2D eigenvalue weighted by atomic mass is 9.72. The van der Waals surface area contributed by atoms with Crippen LogP contribution in [0.3, 0.4) is 0 Å². The molecule has 3 atom stereocenters. The summed E-state index contributed by atoms with van der Waals surface area (Å²) in [6.07, 6.45) is 6.67. The fraction of sp³-hybridized carbons (Fsp3) is 1.00. The Hall–Kier alpha value is -0.120. The van der Waals surface area contributed by atoms with Crippen molar-refractivity contribution in [2.45, 2.75) is 51.2 Å². The standard InChI is InChI=1S/C12H23NO2/c1-2-6-14-7-5-12(9-13)8-10-3-4-11(12)15-10/h10-11H,2-9,13H2,1H3. The van der Waals surface area contributed by atoms with Gasteiger partial charge in [0.1, 0.15) is 0 Å². The summed E-state index contributed by atoms with van der Waals surface area (Å²) < 4.78 is 11.5. The molecule has 3 nitrogen and oxygen atoms in total. The number of hydrogen-bond acceptors (Lipinski definition) is 3. The lowest BCUT2D eigenvalue weighted by Gasteiger charge is -2.34. The molecule has 2 saturated heterocycles. The summed E-state index contributed by atoms with van der Waals surface area (Å²) in [5.41, 5.74) is 6.17. The summed E-state index contributed by atoms with van der Waals surface area (Å²) >= 11 is 0. The van der Waals surface area contributed by atoms with Gasteiger partial charge in [-0.1, -0.05) is 6.92 Å². The van der Waals surface area contributed by atoms with E-state index >= 15 is 0 Å². The Morgan fingerprint density at radius 3 is 2.80 bits per heavy atom. The fourth-order valence-electron chi connectivity index (χ4n) is 2.99. The van der Waals surface area contributed by atoms with Crippen molar-refractivity contribution in [3.05, 3.63) is 0 Å². The highest BCUT2D eigenvalue weighted by Crippen LogP contribution is 2.49. The lowest BCUT2D eigenvalue weighted by Crippen LogP contribution is -2.40. The van der Waals surface area contributed by atoms with Gasteiger partial charge >= 0.3 is 0 Å². The van der Waals surface area contributed by atoms with Crippen molar-refractivity contribution in [3.8, 4) is 0 Å². The van der Waals surface area contributed by atoms with Gasteiger partial charge in [-0.3, -0.25) is 0 Å². The van der Waals surface area contributed by atoms with Crippen molar-refractivity contribution in [2.75, 3.05) is 19.8 Å². The summed E-state index contributed by atoms with van der Waals surface area (Å²) in [5, 5.41) is 0. The first kappa shape index (κ1) is 11.4. The molecule has 0 aromatic rings. The maximum atomic E-state index is 5.93. The first-order valence-corrected chi connectivity index (χ1v) is 6.24. The summed E-state index contributed by atoms with van der Waals surface area (Å²) in [5.74, 6) is 0. The van der Waals surface area contributed by atoms with E-state index in [0.29, 0.717) is 12.2 Å². The van der Waals surface area contributed by atoms with Crippen LogP contribution in [0, 0.1) is 5.41 Å². The average molecular weight is 213 g/mol. The molecular weight excluding hydrogens is 190 g/mol. The number of hydrogen-bond donors (Lipinski definition) is 1. The fourth-order valence-corrected chi connectivity index (χ4v) is 2.99. The Morgan fingerprint density at radius 2 is 2.27 bits per heavy atom. The minimum atomic E-state index is 0.233. The van der Waals surface area contributed by atoms with Crippen LogP contribution in [-0.2, 0) is 9.47 Å². The quantitative estimate of drug-likeness (QED) is 0.683. The van der Waals surface area contributed by atoms with Gasteiger partial charge in [0, 0.05) is 25.2 Å². The SMILES string of the molecule is CCCOCCC1(CN)CC2CCC1O2. The van der Waals surface area contributed by atoms with E-state index in [2.05, 4.69) is 6.92 Å². The Kier molecular flexibility index (Phi) is 3.65. The number of rotatable bonds is 6. The van der Waals surface area contributed by atoms with Gasteiger partial charge in [-0.2, -0.15) is 0 Å². The normalized spacial score (nSPS) is 38.8. The van der Waals surface area contributed by atoms with Crippen LogP contribution in [0.5, 0.6) is 0 Å². The van der Waals surface area contributed by atoms with Gasteiger partial charge in [-0.15, -0.1) is 0 Å². The number of ether oxygens (including phenoxy) is 2. The molecule has 0 saturated carbocycles. The molecule has 2 N–H and O–H groups in total. The third-order valence-corrected chi connectivity index (χ3v) is 3.92. The van der Waals surface area contributed by atoms with Gasteiger partial charge in [0.2, 0.25) is 0 Å². The minimum Gasteiger partial charge on any atom is -0.381 e. The molecule has 3 unspecified atom stereocenters. The van der Waals surface area contributed by atoms with Crippen molar-refractivity contribution in [1.82, 2.24) is 0 Å². The van der Waals surface area contributed by atoms with Gasteiger partial charge < -0.3 is 15.2 Å². The van der Waals surface area contributed by atoms with E-state index < -0.39 is 0 Å². The molecule has 0 aromatic heterocycles. The van der Waals surface area contributed by atoms with Crippen molar-refractivity contribution in [3.63, 3.8) is 0 Å². The second kappa shape index (κ2) is 4.81. The monoisotopic (exact) mass is 213 g/mol. The van der Waals surface area contributed by atoms with Crippen LogP contribution in [0.4, 0.5) is 0 Å². The van der Waals surface area contributed by atoms with Crippen molar-refractivity contribution < 1.29 is 9.47 Å². The van der Waals surface area contributed by atoms with Crippen LogP contribution in [0.25, 0.3) is 0 Å². The molecule has 2 rings (SSSR count). The minimum absolute atomic E-state index is 0.233. The molecule has 88 valence electrons. The van der Waals surface area contributed by atoms with Crippen LogP contribution < -0.4 is 5.73 Å². The van der Waals surface area contributed by atoms with E-state index in [1.807, 2.05) is 0 Å². The van der Waals surface area contributed by atoms with E-state index in [-0.39, 0.29) is 5.41 Å². The van der Waals surface area contributed by atoms with Gasteiger partial charge in [0.25, 0.3) is 0 Å². The van der Waals surface area contributed by atoms with Gasteiger partial charge in [-0.25, -0.2) is 0 Å². The molecule has 15 heavy (non-hydrogen) atoms. The molecule has 2 aliphatic rings. The first-order chi connectivity index (χ1) is 7.30. The highest BCUT2D eigenvalue weighted by Gasteiger charge is 2.50. The first-order valence-electron chi connectivity index (χ1n) is 6.24. The summed E-state index contributed by atoms with van der Waals surface area (Å²) in [6, 6.07) is 0. The van der Waals surface area contributed by atoms with Crippen LogP contribution in [0.1, 0.15) is 39.0 Å². The van der Waals surface area contributed by atoms with E-state index in [1.165, 1.54) is 12.8 Å². The molecule has 0 aromatic carbocycles. The molecule has 2 heterocycles. The smallest absolute Gasteiger partial charge is 0.0649 e. The third kappa shape index (κ3) is 2.19. The zero-order chi connectivity index (χ0) is 10.7. The molecule has 2 aliphatic heterocycles. The van der Waals surface area contributed by atoms with Crippen LogP contribution in [-0.4, -0.2) is 32.0 Å². The molecule has 3 heteroatoms. The van der Waals surface area contributed by atoms with Crippen LogP contribution in [0.15, 0.2) is 0 Å². The Morgan fingerprint density at radius 1 is 1.40 bits per heavy atom. The highest BCUT2D eigenvalue weighted by molar-refractivity contribution is 5.01.